The quantitative estimate of drug-likeness (QED) is 0.845. The van der Waals surface area contributed by atoms with Gasteiger partial charge in [-0.25, -0.2) is 4.39 Å². The molecule has 2 aromatic rings. The average molecular weight is 282 g/mol. The zero-order valence-electron chi connectivity index (χ0n) is 9.56. The number of nitrogen functional groups attached to an aromatic ring is 1. The molecule has 1 heterocycles. The van der Waals surface area contributed by atoms with Gasteiger partial charge in [0.2, 0.25) is 0 Å². The number of hydrogen-bond acceptors (Lipinski definition) is 4. The first-order valence-electron chi connectivity index (χ1n) is 5.14. The molecule has 0 spiro atoms. The molecule has 0 radical (unpaired) electrons. The summed E-state index contributed by atoms with van der Waals surface area (Å²) in [6.07, 6.45) is 2.76. The molecule has 0 aliphatic carbocycles. The Morgan fingerprint density at radius 3 is 2.68 bits per heavy atom. The van der Waals surface area contributed by atoms with Gasteiger partial charge in [-0.1, -0.05) is 11.6 Å². The summed E-state index contributed by atoms with van der Waals surface area (Å²) in [6, 6.07) is 3.55. The van der Waals surface area contributed by atoms with E-state index in [0.717, 1.165) is 12.1 Å². The van der Waals surface area contributed by atoms with Crippen LogP contribution in [-0.4, -0.2) is 10.9 Å². The van der Waals surface area contributed by atoms with Crippen molar-refractivity contribution in [2.24, 2.45) is 5.73 Å². The fourth-order valence-electron chi connectivity index (χ4n) is 1.44. The van der Waals surface area contributed by atoms with Crippen molar-refractivity contribution in [1.82, 2.24) is 4.98 Å². The van der Waals surface area contributed by atoms with Crippen LogP contribution in [0.3, 0.4) is 0 Å². The summed E-state index contributed by atoms with van der Waals surface area (Å²) in [6.45, 7) is 0. The Morgan fingerprint density at radius 1 is 1.32 bits per heavy atom. The van der Waals surface area contributed by atoms with E-state index in [1.54, 1.807) is 0 Å². The molecule has 0 atom stereocenters. The summed E-state index contributed by atoms with van der Waals surface area (Å²) in [4.78, 5) is 14.9. The number of nitrogens with two attached hydrogens (primary N) is 2. The lowest BCUT2D eigenvalue weighted by Gasteiger charge is -2.09. The number of carbonyl (C=O) groups is 1. The Morgan fingerprint density at radius 2 is 2.05 bits per heavy atom. The lowest BCUT2D eigenvalue weighted by atomic mass is 10.1. The number of amides is 1. The molecule has 2 rings (SSSR count). The summed E-state index contributed by atoms with van der Waals surface area (Å²) >= 11 is 5.73. The first-order chi connectivity index (χ1) is 8.97. The van der Waals surface area contributed by atoms with E-state index in [0.29, 0.717) is 5.02 Å². The van der Waals surface area contributed by atoms with Gasteiger partial charge in [0, 0.05) is 24.0 Å². The number of hydrogen-bond donors (Lipinski definition) is 2. The highest BCUT2D eigenvalue weighted by atomic mass is 35.5. The van der Waals surface area contributed by atoms with Gasteiger partial charge in [0.1, 0.15) is 5.75 Å². The molecule has 0 aliphatic rings. The van der Waals surface area contributed by atoms with Crippen LogP contribution >= 0.6 is 11.6 Å². The molecule has 1 aromatic heterocycles. The molecule has 0 fully saturated rings. The van der Waals surface area contributed by atoms with Crippen molar-refractivity contribution in [3.63, 3.8) is 0 Å². The fraction of sp³-hybridized carbons (Fsp3) is 0. The van der Waals surface area contributed by atoms with E-state index >= 15 is 0 Å². The van der Waals surface area contributed by atoms with E-state index < -0.39 is 11.7 Å². The number of primary amides is 1. The van der Waals surface area contributed by atoms with E-state index in [4.69, 9.17) is 27.8 Å². The van der Waals surface area contributed by atoms with Crippen LogP contribution < -0.4 is 16.2 Å². The third kappa shape index (κ3) is 2.92. The maximum absolute atomic E-state index is 13.7. The van der Waals surface area contributed by atoms with Crippen molar-refractivity contribution < 1.29 is 13.9 Å². The van der Waals surface area contributed by atoms with Gasteiger partial charge in [0.25, 0.3) is 5.91 Å². The largest absolute Gasteiger partial charge is 0.453 e. The van der Waals surface area contributed by atoms with E-state index in [2.05, 4.69) is 4.98 Å². The minimum Gasteiger partial charge on any atom is -0.453 e. The van der Waals surface area contributed by atoms with E-state index in [1.807, 2.05) is 0 Å². The zero-order chi connectivity index (χ0) is 14.0. The predicted octanol–water partition coefficient (Wildman–Crippen LogP) is 2.35. The van der Waals surface area contributed by atoms with Crippen molar-refractivity contribution in [2.45, 2.75) is 0 Å². The summed E-state index contributed by atoms with van der Waals surface area (Å²) in [5.41, 5.74) is 10.5. The lowest BCUT2D eigenvalue weighted by Crippen LogP contribution is -2.14. The van der Waals surface area contributed by atoms with Crippen LogP contribution in [0.4, 0.5) is 10.1 Å². The van der Waals surface area contributed by atoms with Crippen molar-refractivity contribution in [1.29, 1.82) is 0 Å². The Hall–Kier alpha value is -2.34. The van der Waals surface area contributed by atoms with Crippen molar-refractivity contribution in [3.05, 3.63) is 47.0 Å². The third-order valence-electron chi connectivity index (χ3n) is 2.28. The van der Waals surface area contributed by atoms with Gasteiger partial charge in [-0.15, -0.1) is 0 Å². The van der Waals surface area contributed by atoms with Gasteiger partial charge in [-0.3, -0.25) is 9.78 Å². The SMILES string of the molecule is NC(=O)c1cc(Oc2cncc(Cl)c2)c(F)cc1N. The van der Waals surface area contributed by atoms with Gasteiger partial charge < -0.3 is 16.2 Å². The molecular weight excluding hydrogens is 273 g/mol. The monoisotopic (exact) mass is 281 g/mol. The normalized spacial score (nSPS) is 10.2. The molecule has 1 aromatic carbocycles. The van der Waals surface area contributed by atoms with Crippen LogP contribution in [0.25, 0.3) is 0 Å². The highest BCUT2D eigenvalue weighted by molar-refractivity contribution is 6.30. The Balaban J connectivity index is 2.40. The van der Waals surface area contributed by atoms with E-state index in [-0.39, 0.29) is 22.7 Å². The number of pyridine rings is 1. The number of nitrogens with zero attached hydrogens (tertiary/aromatic N) is 1. The highest BCUT2D eigenvalue weighted by Crippen LogP contribution is 2.29. The van der Waals surface area contributed by atoms with Gasteiger partial charge >= 0.3 is 0 Å². The number of anilines is 1. The van der Waals surface area contributed by atoms with Crippen LogP contribution in [0.1, 0.15) is 10.4 Å². The Labute approximate surface area is 112 Å². The molecule has 0 unspecified atom stereocenters. The van der Waals surface area contributed by atoms with Crippen molar-refractivity contribution >= 4 is 23.2 Å². The maximum Gasteiger partial charge on any atom is 0.250 e. The minimum absolute atomic E-state index is 0.0219. The van der Waals surface area contributed by atoms with Gasteiger partial charge in [0.15, 0.2) is 11.6 Å². The van der Waals surface area contributed by atoms with Crippen LogP contribution in [0.2, 0.25) is 5.02 Å². The highest BCUT2D eigenvalue weighted by Gasteiger charge is 2.13. The minimum atomic E-state index is -0.772. The van der Waals surface area contributed by atoms with Crippen LogP contribution in [0, 0.1) is 5.82 Å². The topological polar surface area (TPSA) is 91.2 Å². The number of ether oxygens (including phenoxy) is 1. The molecular formula is C12H9ClFN3O2. The standard InChI is InChI=1S/C12H9ClFN3O2/c13-6-1-7(5-17-4-6)19-11-2-8(12(16)18)10(15)3-9(11)14/h1-5H,15H2,(H2,16,18). The van der Waals surface area contributed by atoms with Gasteiger partial charge in [-0.05, 0) is 6.07 Å². The van der Waals surface area contributed by atoms with E-state index in [9.17, 15) is 9.18 Å². The second-order valence-corrected chi connectivity index (χ2v) is 4.11. The molecule has 19 heavy (non-hydrogen) atoms. The number of benzene rings is 1. The summed E-state index contributed by atoms with van der Waals surface area (Å²) < 4.78 is 18.9. The molecule has 4 N–H and O–H groups in total. The number of rotatable bonds is 3. The van der Waals surface area contributed by atoms with Crippen LogP contribution in [0.15, 0.2) is 30.6 Å². The first kappa shape index (κ1) is 13.1. The Bertz CT molecular complexity index is 649. The zero-order valence-corrected chi connectivity index (χ0v) is 10.3. The van der Waals surface area contributed by atoms with E-state index in [1.165, 1.54) is 18.5 Å². The summed E-state index contributed by atoms with van der Waals surface area (Å²) in [5.74, 6) is -1.45. The fourth-order valence-corrected chi connectivity index (χ4v) is 1.60. The first-order valence-corrected chi connectivity index (χ1v) is 5.52. The van der Waals surface area contributed by atoms with Crippen molar-refractivity contribution in [3.8, 4) is 11.5 Å². The van der Waals surface area contributed by atoms with Crippen LogP contribution in [0.5, 0.6) is 11.5 Å². The Kier molecular flexibility index (Phi) is 3.52. The summed E-state index contributed by atoms with van der Waals surface area (Å²) in [7, 11) is 0. The molecule has 7 heteroatoms. The molecule has 0 bridgehead atoms. The molecule has 98 valence electrons. The smallest absolute Gasteiger partial charge is 0.250 e. The lowest BCUT2D eigenvalue weighted by molar-refractivity contribution is 0.100. The summed E-state index contributed by atoms with van der Waals surface area (Å²) in [5, 5.41) is 0.337. The number of aromatic nitrogens is 1. The van der Waals surface area contributed by atoms with Crippen LogP contribution in [-0.2, 0) is 0 Å². The van der Waals surface area contributed by atoms with Crippen molar-refractivity contribution in [2.75, 3.05) is 5.73 Å². The molecule has 0 saturated carbocycles. The van der Waals surface area contributed by atoms with Gasteiger partial charge in [-0.2, -0.15) is 0 Å². The molecule has 0 saturated heterocycles. The molecule has 1 amide bonds. The average Bonchev–Trinajstić information content (AvgIpc) is 2.32. The molecule has 5 nitrogen and oxygen atoms in total. The second-order valence-electron chi connectivity index (χ2n) is 3.68. The number of halogens is 2. The number of carbonyl (C=O) groups excluding carboxylic acids is 1. The van der Waals surface area contributed by atoms with Gasteiger partial charge in [0.05, 0.1) is 16.8 Å². The second kappa shape index (κ2) is 5.11. The predicted molar refractivity (Wildman–Crippen MR) is 68.7 cm³/mol. The molecule has 0 aliphatic heterocycles. The third-order valence-corrected chi connectivity index (χ3v) is 2.48. The maximum atomic E-state index is 13.7.